The summed E-state index contributed by atoms with van der Waals surface area (Å²) in [6.07, 6.45) is -0.579. The summed E-state index contributed by atoms with van der Waals surface area (Å²) in [6, 6.07) is 6.49. The SMILES string of the molecule is CC(C)(C)OC(=O)N[C@H](CN1CC(F)(F)C1)c1ccc(Cl)cc1. The number of benzene rings is 1. The molecule has 1 saturated heterocycles. The van der Waals surface area contributed by atoms with Crippen LogP contribution in [0.2, 0.25) is 5.02 Å². The van der Waals surface area contributed by atoms with Crippen molar-refractivity contribution in [1.82, 2.24) is 10.2 Å². The maximum absolute atomic E-state index is 13.0. The Hall–Kier alpha value is -1.40. The van der Waals surface area contributed by atoms with Gasteiger partial charge in [0.25, 0.3) is 5.92 Å². The topological polar surface area (TPSA) is 41.6 Å². The van der Waals surface area contributed by atoms with E-state index >= 15 is 0 Å². The van der Waals surface area contributed by atoms with Crippen molar-refractivity contribution < 1.29 is 18.3 Å². The number of nitrogens with one attached hydrogen (secondary N) is 1. The van der Waals surface area contributed by atoms with E-state index in [-0.39, 0.29) is 19.6 Å². The van der Waals surface area contributed by atoms with Crippen LogP contribution in [-0.4, -0.2) is 42.2 Å². The minimum absolute atomic E-state index is 0.288. The highest BCUT2D eigenvalue weighted by Crippen LogP contribution is 2.29. The summed E-state index contributed by atoms with van der Waals surface area (Å²) in [5.74, 6) is -2.64. The van der Waals surface area contributed by atoms with E-state index < -0.39 is 23.7 Å². The fraction of sp³-hybridized carbons (Fsp3) is 0.562. The number of halogens is 3. The number of rotatable bonds is 4. The molecule has 0 aromatic heterocycles. The van der Waals surface area contributed by atoms with Crippen LogP contribution >= 0.6 is 11.6 Å². The van der Waals surface area contributed by atoms with Crippen molar-refractivity contribution in [2.24, 2.45) is 0 Å². The lowest BCUT2D eigenvalue weighted by atomic mass is 10.0. The summed E-state index contributed by atoms with van der Waals surface area (Å²) >= 11 is 5.87. The average Bonchev–Trinajstić information content (AvgIpc) is 2.34. The molecule has 128 valence electrons. The van der Waals surface area contributed by atoms with Crippen molar-refractivity contribution in [3.63, 3.8) is 0 Å². The molecule has 2 rings (SSSR count). The van der Waals surface area contributed by atoms with E-state index in [0.29, 0.717) is 5.02 Å². The van der Waals surface area contributed by atoms with Gasteiger partial charge in [0.15, 0.2) is 0 Å². The molecule has 0 radical (unpaired) electrons. The standard InChI is InChI=1S/C16H21ClF2N2O2/c1-15(2,3)23-14(22)20-13(8-21-9-16(18,19)10-21)11-4-6-12(17)7-5-11/h4-7,13H,8-10H2,1-3H3,(H,20,22)/t13-/m1/s1. The van der Waals surface area contributed by atoms with Gasteiger partial charge in [0.05, 0.1) is 19.1 Å². The van der Waals surface area contributed by atoms with Gasteiger partial charge >= 0.3 is 6.09 Å². The number of alkyl carbamates (subject to hydrolysis) is 1. The smallest absolute Gasteiger partial charge is 0.408 e. The molecule has 1 heterocycles. The summed E-state index contributed by atoms with van der Waals surface area (Å²) < 4.78 is 31.3. The number of nitrogens with zero attached hydrogens (tertiary/aromatic N) is 1. The van der Waals surface area contributed by atoms with Crippen molar-refractivity contribution >= 4 is 17.7 Å². The largest absolute Gasteiger partial charge is 0.444 e. The first-order valence-corrected chi connectivity index (χ1v) is 7.77. The monoisotopic (exact) mass is 346 g/mol. The number of carbonyl (C=O) groups is 1. The molecule has 1 atom stereocenters. The van der Waals surface area contributed by atoms with E-state index in [2.05, 4.69) is 5.32 Å². The average molecular weight is 347 g/mol. The number of carbonyl (C=O) groups excluding carboxylic acids is 1. The normalized spacial score (nSPS) is 18.9. The third kappa shape index (κ3) is 5.62. The Bertz CT molecular complexity index is 550. The molecule has 0 aliphatic carbocycles. The maximum atomic E-state index is 13.0. The number of alkyl halides is 2. The van der Waals surface area contributed by atoms with Gasteiger partial charge in [-0.05, 0) is 38.5 Å². The summed E-state index contributed by atoms with van der Waals surface area (Å²) in [4.78, 5) is 13.6. The molecule has 1 aromatic carbocycles. The van der Waals surface area contributed by atoms with Gasteiger partial charge in [-0.1, -0.05) is 23.7 Å². The van der Waals surface area contributed by atoms with Crippen LogP contribution in [0.25, 0.3) is 0 Å². The number of amides is 1. The molecule has 1 N–H and O–H groups in total. The Labute approximate surface area is 139 Å². The fourth-order valence-corrected chi connectivity index (χ4v) is 2.50. The molecule has 0 unspecified atom stereocenters. The number of likely N-dealkylation sites (tertiary alicyclic amines) is 1. The number of hydrogen-bond donors (Lipinski definition) is 1. The molecule has 1 aliphatic rings. The van der Waals surface area contributed by atoms with Crippen LogP contribution in [0.3, 0.4) is 0 Å². The summed E-state index contributed by atoms with van der Waals surface area (Å²) in [5, 5.41) is 3.31. The molecule has 1 fully saturated rings. The molecule has 1 aliphatic heterocycles. The minimum atomic E-state index is -2.64. The Balaban J connectivity index is 2.05. The lowest BCUT2D eigenvalue weighted by molar-refractivity contribution is -0.132. The van der Waals surface area contributed by atoms with Gasteiger partial charge in [0.1, 0.15) is 5.60 Å². The first kappa shape index (κ1) is 17.9. The molecular formula is C16H21ClF2N2O2. The van der Waals surface area contributed by atoms with Crippen LogP contribution in [0.5, 0.6) is 0 Å². The van der Waals surface area contributed by atoms with Gasteiger partial charge in [-0.25, -0.2) is 13.6 Å². The van der Waals surface area contributed by atoms with Crippen molar-refractivity contribution in [2.45, 2.75) is 38.3 Å². The quantitative estimate of drug-likeness (QED) is 0.900. The van der Waals surface area contributed by atoms with Crippen molar-refractivity contribution in [3.05, 3.63) is 34.9 Å². The molecular weight excluding hydrogens is 326 g/mol. The van der Waals surface area contributed by atoms with Gasteiger partial charge in [0, 0.05) is 11.6 Å². The molecule has 0 saturated carbocycles. The highest BCUT2D eigenvalue weighted by Gasteiger charge is 2.44. The number of hydrogen-bond acceptors (Lipinski definition) is 3. The van der Waals surface area contributed by atoms with E-state index in [9.17, 15) is 13.6 Å². The van der Waals surface area contributed by atoms with Gasteiger partial charge in [-0.2, -0.15) is 0 Å². The number of ether oxygens (including phenoxy) is 1. The Kier molecular flexibility index (Phi) is 5.16. The predicted octanol–water partition coefficient (Wildman–Crippen LogP) is 3.86. The zero-order chi connectivity index (χ0) is 17.3. The lowest BCUT2D eigenvalue weighted by Crippen LogP contribution is -2.58. The van der Waals surface area contributed by atoms with Crippen LogP contribution < -0.4 is 5.32 Å². The van der Waals surface area contributed by atoms with Crippen molar-refractivity contribution in [2.75, 3.05) is 19.6 Å². The highest BCUT2D eigenvalue weighted by atomic mass is 35.5. The molecule has 1 aromatic rings. The van der Waals surface area contributed by atoms with Crippen LogP contribution in [0.15, 0.2) is 24.3 Å². The van der Waals surface area contributed by atoms with Gasteiger partial charge in [0.2, 0.25) is 0 Å². The Morgan fingerprint density at radius 3 is 2.39 bits per heavy atom. The highest BCUT2D eigenvalue weighted by molar-refractivity contribution is 6.30. The van der Waals surface area contributed by atoms with Crippen LogP contribution in [0, 0.1) is 0 Å². The molecule has 0 spiro atoms. The van der Waals surface area contributed by atoms with Crippen molar-refractivity contribution in [3.8, 4) is 0 Å². The van der Waals surface area contributed by atoms with Crippen LogP contribution in [0.4, 0.5) is 13.6 Å². The summed E-state index contributed by atoms with van der Waals surface area (Å²) in [6.45, 7) is 4.98. The predicted molar refractivity (Wildman–Crippen MR) is 84.9 cm³/mol. The first-order valence-electron chi connectivity index (χ1n) is 7.39. The molecule has 4 nitrogen and oxygen atoms in total. The van der Waals surface area contributed by atoms with E-state index in [1.165, 1.54) is 0 Å². The second-order valence-corrected chi connectivity index (χ2v) is 7.21. The van der Waals surface area contributed by atoms with Crippen LogP contribution in [-0.2, 0) is 4.74 Å². The van der Waals surface area contributed by atoms with Gasteiger partial charge in [-0.3, -0.25) is 4.90 Å². The Morgan fingerprint density at radius 2 is 1.91 bits per heavy atom. The summed E-state index contributed by atoms with van der Waals surface area (Å²) in [5.41, 5.74) is 0.161. The third-order valence-electron chi connectivity index (χ3n) is 3.31. The third-order valence-corrected chi connectivity index (χ3v) is 3.57. The van der Waals surface area contributed by atoms with Gasteiger partial charge < -0.3 is 10.1 Å². The molecule has 23 heavy (non-hydrogen) atoms. The first-order chi connectivity index (χ1) is 10.5. The summed E-state index contributed by atoms with van der Waals surface area (Å²) in [7, 11) is 0. The minimum Gasteiger partial charge on any atom is -0.444 e. The second kappa shape index (κ2) is 6.61. The Morgan fingerprint density at radius 1 is 1.35 bits per heavy atom. The van der Waals surface area contributed by atoms with Gasteiger partial charge in [-0.15, -0.1) is 0 Å². The van der Waals surface area contributed by atoms with E-state index in [4.69, 9.17) is 16.3 Å². The maximum Gasteiger partial charge on any atom is 0.408 e. The molecule has 7 heteroatoms. The lowest BCUT2D eigenvalue weighted by Gasteiger charge is -2.40. The molecule has 1 amide bonds. The van der Waals surface area contributed by atoms with E-state index in [1.807, 2.05) is 0 Å². The van der Waals surface area contributed by atoms with Crippen LogP contribution in [0.1, 0.15) is 32.4 Å². The van der Waals surface area contributed by atoms with Crippen molar-refractivity contribution in [1.29, 1.82) is 0 Å². The second-order valence-electron chi connectivity index (χ2n) is 6.78. The van der Waals surface area contributed by atoms with E-state index in [1.54, 1.807) is 49.9 Å². The fourth-order valence-electron chi connectivity index (χ4n) is 2.37. The molecule has 0 bridgehead atoms. The zero-order valence-corrected chi connectivity index (χ0v) is 14.2. The van der Waals surface area contributed by atoms with E-state index in [0.717, 1.165) is 5.56 Å². The zero-order valence-electron chi connectivity index (χ0n) is 13.4.